The van der Waals surface area contributed by atoms with Crippen molar-refractivity contribution in [1.82, 2.24) is 5.32 Å². The Labute approximate surface area is 111 Å². The van der Waals surface area contributed by atoms with E-state index in [4.69, 9.17) is 5.73 Å². The van der Waals surface area contributed by atoms with Gasteiger partial charge in [-0.25, -0.2) is 9.18 Å². The molecule has 4 N–H and O–H groups in total. The van der Waals surface area contributed by atoms with Gasteiger partial charge in [-0.3, -0.25) is 4.79 Å². The van der Waals surface area contributed by atoms with Crippen LogP contribution >= 0.6 is 0 Å². The van der Waals surface area contributed by atoms with Gasteiger partial charge in [0.1, 0.15) is 5.82 Å². The van der Waals surface area contributed by atoms with Gasteiger partial charge in [0.05, 0.1) is 0 Å². The normalized spacial score (nSPS) is 10.0. The number of nitrogens with one attached hydrogen (secondary N) is 2. The fraction of sp³-hybridized carbons (Fsp3) is 0.385. The van der Waals surface area contributed by atoms with Gasteiger partial charge in [-0.2, -0.15) is 0 Å². The van der Waals surface area contributed by atoms with Crippen LogP contribution in [0.2, 0.25) is 0 Å². The van der Waals surface area contributed by atoms with Crippen molar-refractivity contribution in [3.8, 4) is 0 Å². The van der Waals surface area contributed by atoms with E-state index < -0.39 is 6.03 Å². The molecule has 1 aromatic rings. The molecule has 0 atom stereocenters. The van der Waals surface area contributed by atoms with Crippen molar-refractivity contribution in [2.75, 3.05) is 11.9 Å². The molecule has 0 aliphatic rings. The largest absolute Gasteiger partial charge is 0.352 e. The highest BCUT2D eigenvalue weighted by Crippen LogP contribution is 2.16. The number of nitrogens with two attached hydrogens (primary N) is 1. The van der Waals surface area contributed by atoms with E-state index >= 15 is 0 Å². The summed E-state index contributed by atoms with van der Waals surface area (Å²) in [4.78, 5) is 22.0. The van der Waals surface area contributed by atoms with E-state index in [1.807, 2.05) is 0 Å². The summed E-state index contributed by atoms with van der Waals surface area (Å²) < 4.78 is 12.9. The maximum absolute atomic E-state index is 12.9. The zero-order valence-corrected chi connectivity index (χ0v) is 10.8. The molecule has 0 aliphatic carbocycles. The molecule has 0 saturated carbocycles. The van der Waals surface area contributed by atoms with Crippen molar-refractivity contribution < 1.29 is 14.0 Å². The number of urea groups is 1. The molecule has 5 nitrogen and oxygen atoms in total. The average molecular weight is 267 g/mol. The number of hydrogen-bond acceptors (Lipinski definition) is 2. The SMILES string of the molecule is Cc1cc(F)ccc1NC(=O)CCCCNC(N)=O. The van der Waals surface area contributed by atoms with Crippen LogP contribution in [0.15, 0.2) is 18.2 Å². The predicted octanol–water partition coefficient (Wildman–Crippen LogP) is 1.91. The molecular formula is C13H18FN3O2. The number of hydrogen-bond donors (Lipinski definition) is 3. The molecule has 0 radical (unpaired) electrons. The number of aryl methyl sites for hydroxylation is 1. The van der Waals surface area contributed by atoms with E-state index in [0.717, 1.165) is 0 Å². The Morgan fingerprint density at radius 3 is 2.68 bits per heavy atom. The van der Waals surface area contributed by atoms with E-state index in [0.29, 0.717) is 37.1 Å². The quantitative estimate of drug-likeness (QED) is 0.688. The third kappa shape index (κ3) is 5.85. The monoisotopic (exact) mass is 267 g/mol. The first-order chi connectivity index (χ1) is 8.99. The maximum atomic E-state index is 12.9. The number of rotatable bonds is 6. The van der Waals surface area contributed by atoms with Crippen molar-refractivity contribution in [1.29, 1.82) is 0 Å². The standard InChI is InChI=1S/C13H18FN3O2/c1-9-8-10(14)5-6-11(9)17-12(18)4-2-3-7-16-13(15)19/h5-6,8H,2-4,7H2,1H3,(H,17,18)(H3,15,16,19). The lowest BCUT2D eigenvalue weighted by atomic mass is 10.2. The van der Waals surface area contributed by atoms with Gasteiger partial charge in [0.25, 0.3) is 0 Å². The third-order valence-corrected chi connectivity index (χ3v) is 2.59. The van der Waals surface area contributed by atoms with Gasteiger partial charge < -0.3 is 16.4 Å². The molecule has 0 saturated heterocycles. The van der Waals surface area contributed by atoms with Crippen molar-refractivity contribution in [2.24, 2.45) is 5.73 Å². The number of halogens is 1. The van der Waals surface area contributed by atoms with E-state index in [1.165, 1.54) is 18.2 Å². The summed E-state index contributed by atoms with van der Waals surface area (Å²) in [6, 6.07) is 3.65. The Morgan fingerprint density at radius 2 is 2.05 bits per heavy atom. The first-order valence-corrected chi connectivity index (χ1v) is 6.08. The summed E-state index contributed by atoms with van der Waals surface area (Å²) in [7, 11) is 0. The van der Waals surface area contributed by atoms with Crippen LogP contribution in [0, 0.1) is 12.7 Å². The molecule has 0 aromatic heterocycles. The highest BCUT2D eigenvalue weighted by Gasteiger charge is 2.05. The Balaban J connectivity index is 2.29. The molecule has 3 amide bonds. The minimum absolute atomic E-state index is 0.131. The smallest absolute Gasteiger partial charge is 0.312 e. The Bertz CT molecular complexity index is 463. The Hall–Kier alpha value is -2.11. The molecule has 6 heteroatoms. The van der Waals surface area contributed by atoms with E-state index in [1.54, 1.807) is 6.92 Å². The summed E-state index contributed by atoms with van der Waals surface area (Å²) in [6.45, 7) is 2.19. The van der Waals surface area contributed by atoms with Gasteiger partial charge in [0, 0.05) is 18.7 Å². The van der Waals surface area contributed by atoms with Crippen LogP contribution in [0.1, 0.15) is 24.8 Å². The third-order valence-electron chi connectivity index (χ3n) is 2.59. The van der Waals surface area contributed by atoms with Crippen molar-refractivity contribution in [3.63, 3.8) is 0 Å². The van der Waals surface area contributed by atoms with E-state index in [2.05, 4.69) is 10.6 Å². The lowest BCUT2D eigenvalue weighted by molar-refractivity contribution is -0.116. The van der Waals surface area contributed by atoms with Crippen molar-refractivity contribution >= 4 is 17.6 Å². The van der Waals surface area contributed by atoms with E-state index in [-0.39, 0.29) is 11.7 Å². The highest BCUT2D eigenvalue weighted by molar-refractivity contribution is 5.91. The average Bonchev–Trinajstić information content (AvgIpc) is 2.32. The number of amides is 3. The lowest BCUT2D eigenvalue weighted by Crippen LogP contribution is -2.30. The van der Waals surface area contributed by atoms with Crippen molar-refractivity contribution in [2.45, 2.75) is 26.2 Å². The van der Waals surface area contributed by atoms with Gasteiger partial charge in [0.2, 0.25) is 5.91 Å². The van der Waals surface area contributed by atoms with Crippen LogP contribution in [-0.2, 0) is 4.79 Å². The molecule has 0 aliphatic heterocycles. The summed E-state index contributed by atoms with van der Waals surface area (Å²) in [5, 5.41) is 5.17. The zero-order chi connectivity index (χ0) is 14.3. The van der Waals surface area contributed by atoms with Gasteiger partial charge in [0.15, 0.2) is 0 Å². The minimum atomic E-state index is -0.564. The summed E-state index contributed by atoms with van der Waals surface area (Å²) >= 11 is 0. The van der Waals surface area contributed by atoms with Crippen LogP contribution in [0.25, 0.3) is 0 Å². The molecule has 19 heavy (non-hydrogen) atoms. The van der Waals surface area contributed by atoms with Crippen LogP contribution in [0.4, 0.5) is 14.9 Å². The summed E-state index contributed by atoms with van der Waals surface area (Å²) in [6.07, 6.45) is 1.67. The number of primary amides is 1. The lowest BCUT2D eigenvalue weighted by Gasteiger charge is -2.08. The topological polar surface area (TPSA) is 84.2 Å². The molecule has 0 heterocycles. The Kier molecular flexibility index (Phi) is 5.78. The highest BCUT2D eigenvalue weighted by atomic mass is 19.1. The van der Waals surface area contributed by atoms with Gasteiger partial charge in [-0.05, 0) is 43.5 Å². The first kappa shape index (κ1) is 14.9. The minimum Gasteiger partial charge on any atom is -0.352 e. The molecular weight excluding hydrogens is 249 g/mol. The predicted molar refractivity (Wildman–Crippen MR) is 71.2 cm³/mol. The first-order valence-electron chi connectivity index (χ1n) is 6.08. The molecule has 1 aromatic carbocycles. The Morgan fingerprint density at radius 1 is 1.32 bits per heavy atom. The fourth-order valence-electron chi connectivity index (χ4n) is 1.60. The second-order valence-electron chi connectivity index (χ2n) is 4.26. The molecule has 0 spiro atoms. The second kappa shape index (κ2) is 7.35. The molecule has 0 unspecified atom stereocenters. The summed E-state index contributed by atoms with van der Waals surface area (Å²) in [5.41, 5.74) is 6.20. The second-order valence-corrected chi connectivity index (χ2v) is 4.26. The number of anilines is 1. The maximum Gasteiger partial charge on any atom is 0.312 e. The van der Waals surface area contributed by atoms with Gasteiger partial charge in [-0.1, -0.05) is 0 Å². The van der Waals surface area contributed by atoms with Crippen LogP contribution in [0.3, 0.4) is 0 Å². The van der Waals surface area contributed by atoms with Gasteiger partial charge in [-0.15, -0.1) is 0 Å². The van der Waals surface area contributed by atoms with Crippen molar-refractivity contribution in [3.05, 3.63) is 29.6 Å². The van der Waals surface area contributed by atoms with Crippen LogP contribution in [-0.4, -0.2) is 18.5 Å². The molecule has 104 valence electrons. The molecule has 0 fully saturated rings. The number of carbonyl (C=O) groups excluding carboxylic acids is 2. The molecule has 1 rings (SSSR count). The fourth-order valence-corrected chi connectivity index (χ4v) is 1.60. The number of benzene rings is 1. The van der Waals surface area contributed by atoms with E-state index in [9.17, 15) is 14.0 Å². The van der Waals surface area contributed by atoms with Crippen LogP contribution in [0.5, 0.6) is 0 Å². The van der Waals surface area contributed by atoms with Crippen LogP contribution < -0.4 is 16.4 Å². The molecule has 0 bridgehead atoms. The number of carbonyl (C=O) groups is 2. The summed E-state index contributed by atoms with van der Waals surface area (Å²) in [5.74, 6) is -0.457. The van der Waals surface area contributed by atoms with Gasteiger partial charge >= 0.3 is 6.03 Å². The zero-order valence-electron chi connectivity index (χ0n) is 10.8. The number of unbranched alkanes of at least 4 members (excludes halogenated alkanes) is 1.